The van der Waals surface area contributed by atoms with Crippen molar-refractivity contribution in [3.8, 4) is 0 Å². The Morgan fingerprint density at radius 1 is 1.38 bits per heavy atom. The maximum atomic E-state index is 2.29. The summed E-state index contributed by atoms with van der Waals surface area (Å²) in [5.41, 5.74) is 4.17. The first-order valence-electron chi connectivity index (χ1n) is 4.86. The van der Waals surface area contributed by atoms with Gasteiger partial charge in [0, 0.05) is 0 Å². The van der Waals surface area contributed by atoms with E-state index in [1.165, 1.54) is 16.7 Å². The lowest BCUT2D eigenvalue weighted by Gasteiger charge is -1.95. The molecule has 0 nitrogen and oxygen atoms in total. The Morgan fingerprint density at radius 3 is 2.69 bits per heavy atom. The third-order valence-electron chi connectivity index (χ3n) is 2.02. The van der Waals surface area contributed by atoms with Gasteiger partial charge >= 0.3 is 0 Å². The summed E-state index contributed by atoms with van der Waals surface area (Å²) in [6, 6.07) is 0. The molecule has 0 aromatic rings. The second-order valence-corrected chi connectivity index (χ2v) is 3.79. The van der Waals surface area contributed by atoms with E-state index in [0.717, 1.165) is 12.8 Å². The van der Waals surface area contributed by atoms with Crippen molar-refractivity contribution in [1.29, 1.82) is 0 Å². The SMILES string of the molecule is CC(C)=CC(C)=CCC1=CCC=C1. The van der Waals surface area contributed by atoms with Gasteiger partial charge in [-0.15, -0.1) is 0 Å². The Morgan fingerprint density at radius 2 is 2.15 bits per heavy atom. The molecule has 0 aromatic carbocycles. The van der Waals surface area contributed by atoms with Gasteiger partial charge in [0.2, 0.25) is 0 Å². The molecule has 0 atom stereocenters. The van der Waals surface area contributed by atoms with Crippen LogP contribution in [0.5, 0.6) is 0 Å². The highest BCUT2D eigenvalue weighted by atomic mass is 14.0. The Kier molecular flexibility index (Phi) is 3.75. The van der Waals surface area contributed by atoms with Crippen molar-refractivity contribution in [3.05, 3.63) is 47.1 Å². The smallest absolute Gasteiger partial charge is 0.00949 e. The van der Waals surface area contributed by atoms with E-state index in [1.54, 1.807) is 0 Å². The van der Waals surface area contributed by atoms with Crippen molar-refractivity contribution in [2.75, 3.05) is 0 Å². The summed E-state index contributed by atoms with van der Waals surface area (Å²) >= 11 is 0. The van der Waals surface area contributed by atoms with Crippen LogP contribution in [0, 0.1) is 0 Å². The molecule has 0 amide bonds. The fourth-order valence-electron chi connectivity index (χ4n) is 1.45. The fourth-order valence-corrected chi connectivity index (χ4v) is 1.45. The standard InChI is InChI=1S/C13H18/c1-11(2)10-12(3)8-9-13-6-4-5-7-13/h4,6-8,10H,5,9H2,1-3H3. The van der Waals surface area contributed by atoms with E-state index in [2.05, 4.69) is 51.2 Å². The van der Waals surface area contributed by atoms with Crippen LogP contribution < -0.4 is 0 Å². The summed E-state index contributed by atoms with van der Waals surface area (Å²) in [7, 11) is 0. The molecule has 1 rings (SSSR count). The zero-order chi connectivity index (χ0) is 9.68. The summed E-state index contributed by atoms with van der Waals surface area (Å²) in [5, 5.41) is 0. The quantitative estimate of drug-likeness (QED) is 0.563. The number of hydrogen-bond acceptors (Lipinski definition) is 0. The van der Waals surface area contributed by atoms with Crippen LogP contribution in [0.25, 0.3) is 0 Å². The lowest BCUT2D eigenvalue weighted by atomic mass is 10.1. The zero-order valence-corrected chi connectivity index (χ0v) is 8.80. The molecule has 0 aliphatic heterocycles. The summed E-state index contributed by atoms with van der Waals surface area (Å²) in [6.45, 7) is 6.42. The van der Waals surface area contributed by atoms with Gasteiger partial charge in [0.25, 0.3) is 0 Å². The van der Waals surface area contributed by atoms with Crippen LogP contribution in [0.2, 0.25) is 0 Å². The Hall–Kier alpha value is -1.04. The topological polar surface area (TPSA) is 0 Å². The molecular formula is C13H18. The second kappa shape index (κ2) is 4.86. The maximum Gasteiger partial charge on any atom is -0.00949 e. The minimum Gasteiger partial charge on any atom is -0.0805 e. The summed E-state index contributed by atoms with van der Waals surface area (Å²) < 4.78 is 0. The van der Waals surface area contributed by atoms with Gasteiger partial charge in [-0.2, -0.15) is 0 Å². The van der Waals surface area contributed by atoms with Crippen LogP contribution in [-0.4, -0.2) is 0 Å². The van der Waals surface area contributed by atoms with Gasteiger partial charge < -0.3 is 0 Å². The average Bonchev–Trinajstić information content (AvgIpc) is 2.51. The molecular weight excluding hydrogens is 156 g/mol. The molecule has 13 heavy (non-hydrogen) atoms. The second-order valence-electron chi connectivity index (χ2n) is 3.79. The molecule has 1 aliphatic carbocycles. The van der Waals surface area contributed by atoms with Gasteiger partial charge in [-0.25, -0.2) is 0 Å². The lowest BCUT2D eigenvalue weighted by Crippen LogP contribution is -1.75. The molecule has 0 N–H and O–H groups in total. The first-order chi connectivity index (χ1) is 6.18. The van der Waals surface area contributed by atoms with E-state index in [9.17, 15) is 0 Å². The highest BCUT2D eigenvalue weighted by Gasteiger charge is 1.94. The van der Waals surface area contributed by atoms with Gasteiger partial charge in [0.05, 0.1) is 0 Å². The monoisotopic (exact) mass is 174 g/mol. The maximum absolute atomic E-state index is 2.29. The van der Waals surface area contributed by atoms with Gasteiger partial charge in [-0.3, -0.25) is 0 Å². The summed E-state index contributed by atoms with van der Waals surface area (Å²) in [4.78, 5) is 0. The van der Waals surface area contributed by atoms with Crippen molar-refractivity contribution in [2.45, 2.75) is 33.6 Å². The molecule has 0 spiro atoms. The van der Waals surface area contributed by atoms with Crippen LogP contribution in [0.4, 0.5) is 0 Å². The number of rotatable bonds is 3. The lowest BCUT2D eigenvalue weighted by molar-refractivity contribution is 1.24. The van der Waals surface area contributed by atoms with Crippen molar-refractivity contribution >= 4 is 0 Å². The Labute approximate surface area is 81.4 Å². The minimum atomic E-state index is 1.08. The van der Waals surface area contributed by atoms with E-state index in [1.807, 2.05) is 0 Å². The van der Waals surface area contributed by atoms with Crippen molar-refractivity contribution in [3.63, 3.8) is 0 Å². The number of allylic oxidation sites excluding steroid dienone is 8. The Balaban J connectivity index is 2.47. The molecule has 1 aliphatic rings. The predicted octanol–water partition coefficient (Wildman–Crippen LogP) is 4.18. The molecule has 70 valence electrons. The predicted molar refractivity (Wildman–Crippen MR) is 59.6 cm³/mol. The normalized spacial score (nSPS) is 15.9. The van der Waals surface area contributed by atoms with Crippen LogP contribution >= 0.6 is 0 Å². The molecule has 0 heteroatoms. The molecule has 0 saturated carbocycles. The molecule has 0 bridgehead atoms. The van der Waals surface area contributed by atoms with Crippen molar-refractivity contribution in [2.24, 2.45) is 0 Å². The Bertz CT molecular complexity index is 281. The van der Waals surface area contributed by atoms with Crippen LogP contribution in [-0.2, 0) is 0 Å². The zero-order valence-electron chi connectivity index (χ0n) is 8.80. The molecule has 0 aromatic heterocycles. The van der Waals surface area contributed by atoms with Gasteiger partial charge in [0.15, 0.2) is 0 Å². The molecule has 0 unspecified atom stereocenters. The average molecular weight is 174 g/mol. The summed E-state index contributed by atoms with van der Waals surface area (Å²) in [5.74, 6) is 0. The van der Waals surface area contributed by atoms with E-state index in [0.29, 0.717) is 0 Å². The van der Waals surface area contributed by atoms with Gasteiger partial charge in [-0.1, -0.05) is 41.5 Å². The highest BCUT2D eigenvalue weighted by Crippen LogP contribution is 2.14. The van der Waals surface area contributed by atoms with Crippen LogP contribution in [0.3, 0.4) is 0 Å². The first-order valence-corrected chi connectivity index (χ1v) is 4.86. The van der Waals surface area contributed by atoms with Crippen LogP contribution in [0.1, 0.15) is 33.6 Å². The van der Waals surface area contributed by atoms with Crippen LogP contribution in [0.15, 0.2) is 47.1 Å². The fraction of sp³-hybridized carbons (Fsp3) is 0.385. The van der Waals surface area contributed by atoms with E-state index in [4.69, 9.17) is 0 Å². The number of hydrogen-bond donors (Lipinski definition) is 0. The van der Waals surface area contributed by atoms with E-state index >= 15 is 0 Å². The minimum absolute atomic E-state index is 1.08. The summed E-state index contributed by atoms with van der Waals surface area (Å²) in [6.07, 6.45) is 13.4. The first kappa shape index (κ1) is 10.0. The molecule has 0 radical (unpaired) electrons. The van der Waals surface area contributed by atoms with E-state index in [-0.39, 0.29) is 0 Å². The third-order valence-corrected chi connectivity index (χ3v) is 2.02. The largest absolute Gasteiger partial charge is 0.0805 e. The van der Waals surface area contributed by atoms with E-state index < -0.39 is 0 Å². The van der Waals surface area contributed by atoms with Crippen molar-refractivity contribution < 1.29 is 0 Å². The third kappa shape index (κ3) is 3.93. The van der Waals surface area contributed by atoms with Gasteiger partial charge in [0.1, 0.15) is 0 Å². The molecule has 0 saturated heterocycles. The molecule has 0 heterocycles. The highest BCUT2D eigenvalue weighted by molar-refractivity contribution is 5.30. The van der Waals surface area contributed by atoms with Crippen molar-refractivity contribution in [1.82, 2.24) is 0 Å². The molecule has 0 fully saturated rings. The van der Waals surface area contributed by atoms with Gasteiger partial charge in [-0.05, 0) is 39.2 Å².